The van der Waals surface area contributed by atoms with Gasteiger partial charge in [-0.3, -0.25) is 4.79 Å². The molecule has 1 saturated heterocycles. The Morgan fingerprint density at radius 1 is 1.24 bits per heavy atom. The van der Waals surface area contributed by atoms with Crippen LogP contribution in [0.1, 0.15) is 31.2 Å². The minimum absolute atomic E-state index is 0.0934. The van der Waals surface area contributed by atoms with Gasteiger partial charge in [-0.25, -0.2) is 13.1 Å². The molecule has 1 aromatic rings. The Bertz CT molecular complexity index is 752. The van der Waals surface area contributed by atoms with Gasteiger partial charge < -0.3 is 20.1 Å². The van der Waals surface area contributed by atoms with Gasteiger partial charge in [0, 0.05) is 6.54 Å². The summed E-state index contributed by atoms with van der Waals surface area (Å²) in [5, 5.41) is 12.6. The van der Waals surface area contributed by atoms with E-state index in [1.807, 2.05) is 21.0 Å². The van der Waals surface area contributed by atoms with Gasteiger partial charge in [0.1, 0.15) is 0 Å². The molecule has 9 heteroatoms. The first-order chi connectivity index (χ1) is 13.7. The molecule has 0 unspecified atom stereocenters. The summed E-state index contributed by atoms with van der Waals surface area (Å²) in [4.78, 5) is 14.3. The monoisotopic (exact) mass is 427 g/mol. The number of rotatable bonds is 10. The van der Waals surface area contributed by atoms with Gasteiger partial charge in [0.2, 0.25) is 15.9 Å². The molecule has 29 heavy (non-hydrogen) atoms. The normalized spacial score (nSPS) is 22.6. The van der Waals surface area contributed by atoms with Crippen molar-refractivity contribution in [3.63, 3.8) is 0 Å². The van der Waals surface area contributed by atoms with Crippen LogP contribution in [0.15, 0.2) is 29.2 Å². The van der Waals surface area contributed by atoms with E-state index in [0.717, 1.165) is 18.5 Å². The van der Waals surface area contributed by atoms with Gasteiger partial charge in [-0.1, -0.05) is 17.7 Å². The summed E-state index contributed by atoms with van der Waals surface area (Å²) >= 11 is 0. The van der Waals surface area contributed by atoms with Crippen molar-refractivity contribution >= 4 is 15.9 Å². The number of ether oxygens (including phenoxy) is 1. The van der Waals surface area contributed by atoms with E-state index in [1.165, 1.54) is 0 Å². The summed E-state index contributed by atoms with van der Waals surface area (Å²) in [6.45, 7) is 3.07. The lowest BCUT2D eigenvalue weighted by Crippen LogP contribution is -2.51. The van der Waals surface area contributed by atoms with Crippen molar-refractivity contribution in [2.75, 3.05) is 33.8 Å². The van der Waals surface area contributed by atoms with E-state index in [1.54, 1.807) is 24.3 Å². The van der Waals surface area contributed by atoms with Gasteiger partial charge in [-0.05, 0) is 59.0 Å². The summed E-state index contributed by atoms with van der Waals surface area (Å²) in [5.41, 5.74) is 0.973. The van der Waals surface area contributed by atoms with Crippen LogP contribution in [0.5, 0.6) is 0 Å². The number of aliphatic hydroxyl groups excluding tert-OH is 1. The standard InChI is InChI=1S/C20H33N3O5S/c1-15-5-8-17(9-6-15)29(26,27)22-18-10-7-16(28-19(18)14-24)13-20(25)21-11-4-12-23(2)3/h5-6,8-9,16,18-19,22,24H,4,7,10-14H2,1-3H3,(H,21,25)/t16-,18+,19+/m1/s1. The Kier molecular flexibility index (Phi) is 9.04. The van der Waals surface area contributed by atoms with Crippen molar-refractivity contribution in [2.24, 2.45) is 0 Å². The minimum atomic E-state index is -3.71. The Hall–Kier alpha value is -1.52. The molecule has 1 fully saturated rings. The molecule has 0 bridgehead atoms. The van der Waals surface area contributed by atoms with Crippen molar-refractivity contribution in [2.45, 2.75) is 55.8 Å². The summed E-state index contributed by atoms with van der Waals surface area (Å²) in [5.74, 6) is -0.0934. The number of sulfonamides is 1. The van der Waals surface area contributed by atoms with Crippen LogP contribution < -0.4 is 10.0 Å². The minimum Gasteiger partial charge on any atom is -0.394 e. The van der Waals surface area contributed by atoms with E-state index in [4.69, 9.17) is 4.74 Å². The maximum atomic E-state index is 12.6. The van der Waals surface area contributed by atoms with Gasteiger partial charge >= 0.3 is 0 Å². The summed E-state index contributed by atoms with van der Waals surface area (Å²) < 4.78 is 33.7. The highest BCUT2D eigenvalue weighted by atomic mass is 32.2. The third-order valence-electron chi connectivity index (χ3n) is 4.95. The van der Waals surface area contributed by atoms with Crippen LogP contribution in [0.25, 0.3) is 0 Å². The highest BCUT2D eigenvalue weighted by molar-refractivity contribution is 7.89. The number of carbonyl (C=O) groups is 1. The lowest BCUT2D eigenvalue weighted by Gasteiger charge is -2.35. The Labute approximate surface area is 173 Å². The first kappa shape index (κ1) is 23.8. The molecule has 0 radical (unpaired) electrons. The van der Waals surface area contributed by atoms with Crippen molar-refractivity contribution in [1.82, 2.24) is 14.9 Å². The number of aliphatic hydroxyl groups is 1. The number of carbonyl (C=O) groups excluding carboxylic acids is 1. The van der Waals surface area contributed by atoms with Gasteiger partial charge in [0.05, 0.1) is 36.2 Å². The topological polar surface area (TPSA) is 108 Å². The largest absolute Gasteiger partial charge is 0.394 e. The fourth-order valence-corrected chi connectivity index (χ4v) is 4.60. The van der Waals surface area contributed by atoms with Gasteiger partial charge in [0.15, 0.2) is 0 Å². The average Bonchev–Trinajstić information content (AvgIpc) is 2.66. The molecule has 0 spiro atoms. The average molecular weight is 428 g/mol. The molecule has 1 heterocycles. The lowest BCUT2D eigenvalue weighted by molar-refractivity contribution is -0.130. The number of nitrogens with one attached hydrogen (secondary N) is 2. The fourth-order valence-electron chi connectivity index (χ4n) is 3.30. The van der Waals surface area contributed by atoms with E-state index in [-0.39, 0.29) is 29.9 Å². The molecule has 2 rings (SSSR count). The second-order valence-electron chi connectivity index (χ2n) is 7.81. The van der Waals surface area contributed by atoms with E-state index < -0.39 is 22.2 Å². The van der Waals surface area contributed by atoms with Crippen molar-refractivity contribution < 1.29 is 23.1 Å². The predicted octanol–water partition coefficient (Wildman–Crippen LogP) is 0.640. The molecule has 164 valence electrons. The molecule has 1 aromatic carbocycles. The summed E-state index contributed by atoms with van der Waals surface area (Å²) in [6.07, 6.45) is 1.09. The van der Waals surface area contributed by atoms with E-state index >= 15 is 0 Å². The van der Waals surface area contributed by atoms with Crippen LogP contribution in [-0.2, 0) is 19.6 Å². The maximum absolute atomic E-state index is 12.6. The maximum Gasteiger partial charge on any atom is 0.240 e. The van der Waals surface area contributed by atoms with Crippen LogP contribution in [0.4, 0.5) is 0 Å². The van der Waals surface area contributed by atoms with Crippen LogP contribution in [-0.4, -0.2) is 76.4 Å². The molecule has 1 amide bonds. The van der Waals surface area contributed by atoms with Crippen LogP contribution in [0.2, 0.25) is 0 Å². The van der Waals surface area contributed by atoms with Crippen LogP contribution >= 0.6 is 0 Å². The first-order valence-electron chi connectivity index (χ1n) is 9.98. The third kappa shape index (κ3) is 7.67. The molecule has 3 atom stereocenters. The van der Waals surface area contributed by atoms with Gasteiger partial charge in [0.25, 0.3) is 0 Å². The molecular weight excluding hydrogens is 394 g/mol. The third-order valence-corrected chi connectivity index (χ3v) is 6.46. The lowest BCUT2D eigenvalue weighted by atomic mass is 9.98. The number of aryl methyl sites for hydroxylation is 1. The van der Waals surface area contributed by atoms with E-state index in [0.29, 0.717) is 19.4 Å². The predicted molar refractivity (Wildman–Crippen MR) is 111 cm³/mol. The number of hydrogen-bond donors (Lipinski definition) is 3. The number of amides is 1. The molecule has 0 aromatic heterocycles. The highest BCUT2D eigenvalue weighted by Crippen LogP contribution is 2.23. The Morgan fingerprint density at radius 2 is 1.93 bits per heavy atom. The van der Waals surface area contributed by atoms with Gasteiger partial charge in [-0.2, -0.15) is 0 Å². The second-order valence-corrected chi connectivity index (χ2v) is 9.52. The molecule has 0 saturated carbocycles. The van der Waals surface area contributed by atoms with Crippen LogP contribution in [0, 0.1) is 6.92 Å². The highest BCUT2D eigenvalue weighted by Gasteiger charge is 2.34. The van der Waals surface area contributed by atoms with E-state index in [2.05, 4.69) is 14.9 Å². The SMILES string of the molecule is Cc1ccc(S(=O)(=O)N[C@H]2CC[C@H](CC(=O)NCCCN(C)C)O[C@H]2CO)cc1. The smallest absolute Gasteiger partial charge is 0.240 e. The summed E-state index contributed by atoms with van der Waals surface area (Å²) in [6, 6.07) is 6.05. The van der Waals surface area contributed by atoms with Crippen molar-refractivity contribution in [3.05, 3.63) is 29.8 Å². The number of benzene rings is 1. The molecule has 3 N–H and O–H groups in total. The molecule has 0 aliphatic carbocycles. The Balaban J connectivity index is 1.85. The zero-order valence-electron chi connectivity index (χ0n) is 17.4. The number of nitrogens with zero attached hydrogens (tertiary/aromatic N) is 1. The van der Waals surface area contributed by atoms with Crippen LogP contribution in [0.3, 0.4) is 0 Å². The Morgan fingerprint density at radius 3 is 2.55 bits per heavy atom. The quantitative estimate of drug-likeness (QED) is 0.473. The number of hydrogen-bond acceptors (Lipinski definition) is 6. The zero-order valence-corrected chi connectivity index (χ0v) is 18.2. The fraction of sp³-hybridized carbons (Fsp3) is 0.650. The molecule has 1 aliphatic heterocycles. The molecular formula is C20H33N3O5S. The molecule has 1 aliphatic rings. The molecule has 8 nitrogen and oxygen atoms in total. The first-order valence-corrected chi connectivity index (χ1v) is 11.5. The van der Waals surface area contributed by atoms with Crippen molar-refractivity contribution in [1.29, 1.82) is 0 Å². The van der Waals surface area contributed by atoms with E-state index in [9.17, 15) is 18.3 Å². The second kappa shape index (κ2) is 11.0. The van der Waals surface area contributed by atoms with Crippen molar-refractivity contribution in [3.8, 4) is 0 Å². The van der Waals surface area contributed by atoms with Gasteiger partial charge in [-0.15, -0.1) is 0 Å². The zero-order chi connectivity index (χ0) is 21.4. The summed E-state index contributed by atoms with van der Waals surface area (Å²) in [7, 11) is 0.258.